The van der Waals surface area contributed by atoms with Crippen molar-refractivity contribution >= 4 is 0 Å². The van der Waals surface area contributed by atoms with Crippen LogP contribution >= 0.6 is 0 Å². The molecule has 0 aromatic carbocycles. The molecule has 0 spiro atoms. The molecule has 1 saturated carbocycles. The first kappa shape index (κ1) is 23.0. The van der Waals surface area contributed by atoms with Crippen molar-refractivity contribution in [1.82, 2.24) is 0 Å². The fourth-order valence-electron chi connectivity index (χ4n) is 0.884. The van der Waals surface area contributed by atoms with E-state index in [0.29, 0.717) is 0 Å². The van der Waals surface area contributed by atoms with Gasteiger partial charge in [0.2, 0.25) is 0 Å². The summed E-state index contributed by atoms with van der Waals surface area (Å²) >= 11 is 0. The maximum atomic E-state index is 1.50. The highest BCUT2D eigenvalue weighted by molar-refractivity contribution is 4.51. The van der Waals surface area contributed by atoms with Crippen molar-refractivity contribution in [2.24, 2.45) is 0 Å². The summed E-state index contributed by atoms with van der Waals surface area (Å²) < 4.78 is 0. The van der Waals surface area contributed by atoms with Crippen LogP contribution in [0.5, 0.6) is 0 Å². The summed E-state index contributed by atoms with van der Waals surface area (Å²) in [6.45, 7) is 0. The van der Waals surface area contributed by atoms with Gasteiger partial charge in [-0.25, -0.2) is 0 Å². The number of rotatable bonds is 0. The first-order chi connectivity index (χ1) is 2.50. The molecule has 0 atom stereocenters. The van der Waals surface area contributed by atoms with E-state index in [0.717, 1.165) is 0 Å². The summed E-state index contributed by atoms with van der Waals surface area (Å²) in [6, 6.07) is 0. The normalized spacial score (nSPS) is 13.3. The maximum Gasteiger partial charge on any atom is -0.0533 e. The summed E-state index contributed by atoms with van der Waals surface area (Å²) in [7, 11) is 0. The summed E-state index contributed by atoms with van der Waals surface area (Å²) in [5, 5.41) is 0. The van der Waals surface area contributed by atoms with Gasteiger partial charge in [0.25, 0.3) is 0 Å². The van der Waals surface area contributed by atoms with Crippen molar-refractivity contribution in [1.29, 1.82) is 0 Å². The molecule has 1 aliphatic rings. The summed E-state index contributed by atoms with van der Waals surface area (Å²) in [5.41, 5.74) is 0. The third kappa shape index (κ3) is 11.5. The van der Waals surface area contributed by atoms with Gasteiger partial charge in [-0.05, 0) is 0 Å². The van der Waals surface area contributed by atoms with Crippen LogP contribution in [0, 0.1) is 0 Å². The molecule has 9 heavy (non-hydrogen) atoms. The number of hydrogen-bond donors (Lipinski definition) is 0. The molecule has 0 bridgehead atoms. The highest BCUT2D eigenvalue weighted by Gasteiger charge is 1.95. The highest BCUT2D eigenvalue weighted by atomic mass is 14.0. The second-order valence-corrected chi connectivity index (χ2v) is 1.77. The summed E-state index contributed by atoms with van der Waals surface area (Å²) in [5.74, 6) is 0. The first-order valence-corrected chi connectivity index (χ1v) is 2.50. The topological polar surface area (TPSA) is 0 Å². The van der Waals surface area contributed by atoms with E-state index in [1.165, 1.54) is 32.1 Å². The second kappa shape index (κ2) is 15.7. The van der Waals surface area contributed by atoms with E-state index in [1.54, 1.807) is 0 Å². The van der Waals surface area contributed by atoms with Gasteiger partial charge in [-0.3, -0.25) is 0 Å². The van der Waals surface area contributed by atoms with Crippen LogP contribution in [0.2, 0.25) is 0 Å². The molecule has 0 nitrogen and oxygen atoms in total. The van der Waals surface area contributed by atoms with Crippen LogP contribution in [-0.2, 0) is 0 Å². The van der Waals surface area contributed by atoms with Crippen molar-refractivity contribution in [3.05, 3.63) is 0 Å². The Morgan fingerprint density at radius 2 is 0.444 bits per heavy atom. The lowest BCUT2D eigenvalue weighted by Crippen LogP contribution is -1.47. The molecule has 1 rings (SSSR count). The lowest BCUT2D eigenvalue weighted by molar-refractivity contribution is 0.886. The molecular weight excluding hydrogens is 108 g/mol. The molecule has 1 fully saturated rings. The van der Waals surface area contributed by atoms with E-state index in [1.807, 2.05) is 0 Å². The summed E-state index contributed by atoms with van der Waals surface area (Å²) in [6.07, 6.45) is 7.50. The van der Waals surface area contributed by atoms with Gasteiger partial charge >= 0.3 is 0 Å². The van der Waals surface area contributed by atoms with Crippen molar-refractivity contribution in [3.8, 4) is 0 Å². The fourth-order valence-corrected chi connectivity index (χ4v) is 0.884. The Kier molecular flexibility index (Phi) is 40.1. The van der Waals surface area contributed by atoms with Crippen LogP contribution in [0.4, 0.5) is 0 Å². The zero-order chi connectivity index (χ0) is 3.54. The Bertz CT molecular complexity index is 11.6. The Morgan fingerprint density at radius 1 is 0.333 bits per heavy atom. The number of hydrogen-bond acceptors (Lipinski definition) is 0. The van der Waals surface area contributed by atoms with Crippen LogP contribution in [-0.4, -0.2) is 0 Å². The molecule has 62 valence electrons. The van der Waals surface area contributed by atoms with Gasteiger partial charge in [-0.15, -0.1) is 0 Å². The van der Waals surface area contributed by atoms with E-state index in [4.69, 9.17) is 0 Å². The van der Waals surface area contributed by atoms with Crippen LogP contribution < -0.4 is 0 Å². The molecule has 0 heterocycles. The largest absolute Gasteiger partial charge is 0.0776 e. The molecule has 0 aliphatic heterocycles. The van der Waals surface area contributed by atoms with Crippen LogP contribution in [0.1, 0.15) is 61.8 Å². The van der Waals surface area contributed by atoms with Gasteiger partial charge in [-0.2, -0.15) is 0 Å². The SMILES string of the molecule is C.C.C.C.C1CCCC1. The van der Waals surface area contributed by atoms with E-state index < -0.39 is 0 Å². The van der Waals surface area contributed by atoms with E-state index in [-0.39, 0.29) is 29.7 Å². The molecule has 0 N–H and O–H groups in total. The Morgan fingerprint density at radius 3 is 0.556 bits per heavy atom. The van der Waals surface area contributed by atoms with Crippen LogP contribution in [0.3, 0.4) is 0 Å². The van der Waals surface area contributed by atoms with Crippen LogP contribution in [0.25, 0.3) is 0 Å². The molecule has 0 unspecified atom stereocenters. The lowest BCUT2D eigenvalue weighted by atomic mass is 10.4. The molecule has 0 saturated heterocycles. The Labute approximate surface area is 62.7 Å². The summed E-state index contributed by atoms with van der Waals surface area (Å²) in [4.78, 5) is 0. The van der Waals surface area contributed by atoms with Crippen molar-refractivity contribution in [2.45, 2.75) is 61.8 Å². The maximum absolute atomic E-state index is 1.50. The minimum Gasteiger partial charge on any atom is -0.0776 e. The van der Waals surface area contributed by atoms with Gasteiger partial charge < -0.3 is 0 Å². The fraction of sp³-hybridized carbons (Fsp3) is 1.00. The standard InChI is InChI=1S/C5H10.4CH4/c1-2-4-5-3-1;;;;/h1-5H2;4*1H4. The smallest absolute Gasteiger partial charge is 0.0533 e. The van der Waals surface area contributed by atoms with Gasteiger partial charge in [0.15, 0.2) is 0 Å². The van der Waals surface area contributed by atoms with Gasteiger partial charge in [0.1, 0.15) is 0 Å². The van der Waals surface area contributed by atoms with Crippen molar-refractivity contribution in [2.75, 3.05) is 0 Å². The average Bonchev–Trinajstić information content (AvgIpc) is 1.76. The molecule has 0 aromatic heterocycles. The van der Waals surface area contributed by atoms with Crippen molar-refractivity contribution < 1.29 is 0 Å². The highest BCUT2D eigenvalue weighted by Crippen LogP contribution is 2.15. The van der Waals surface area contributed by atoms with E-state index in [2.05, 4.69) is 0 Å². The van der Waals surface area contributed by atoms with E-state index in [9.17, 15) is 0 Å². The molecule has 0 amide bonds. The molecule has 0 heteroatoms. The molecule has 0 radical (unpaired) electrons. The van der Waals surface area contributed by atoms with Gasteiger partial charge in [0.05, 0.1) is 0 Å². The molecular formula is C9H26. The van der Waals surface area contributed by atoms with E-state index >= 15 is 0 Å². The first-order valence-electron chi connectivity index (χ1n) is 2.50. The third-order valence-corrected chi connectivity index (χ3v) is 1.25. The van der Waals surface area contributed by atoms with Crippen LogP contribution in [0.15, 0.2) is 0 Å². The van der Waals surface area contributed by atoms with Gasteiger partial charge in [-0.1, -0.05) is 61.8 Å². The zero-order valence-electron chi connectivity index (χ0n) is 3.54. The Balaban J connectivity index is -0.0000000312. The predicted octanol–water partition coefficient (Wildman–Crippen LogP) is 4.49. The van der Waals surface area contributed by atoms with Crippen molar-refractivity contribution in [3.63, 3.8) is 0 Å². The monoisotopic (exact) mass is 134 g/mol. The quantitative estimate of drug-likeness (QED) is 0.458. The minimum atomic E-state index is 0. The minimum absolute atomic E-state index is 0. The van der Waals surface area contributed by atoms with Gasteiger partial charge in [0, 0.05) is 0 Å². The Hall–Kier alpha value is 0. The second-order valence-electron chi connectivity index (χ2n) is 1.77. The third-order valence-electron chi connectivity index (χ3n) is 1.25. The molecule has 1 aliphatic carbocycles. The predicted molar refractivity (Wildman–Crippen MR) is 50.0 cm³/mol. The average molecular weight is 134 g/mol. The zero-order valence-corrected chi connectivity index (χ0v) is 3.54. The lowest BCUT2D eigenvalue weighted by Gasteiger charge is -1.67. The molecule has 0 aromatic rings.